The van der Waals surface area contributed by atoms with Crippen LogP contribution in [-0.4, -0.2) is 33.7 Å². The Labute approximate surface area is 174 Å². The van der Waals surface area contributed by atoms with E-state index >= 15 is 0 Å². The average molecular weight is 401 g/mol. The number of hydrogen-bond acceptors (Lipinski definition) is 4. The van der Waals surface area contributed by atoms with Gasteiger partial charge >= 0.3 is 6.03 Å². The summed E-state index contributed by atoms with van der Waals surface area (Å²) in [6.07, 6.45) is 1.75. The monoisotopic (exact) mass is 401 g/mol. The molecule has 2 aromatic carbocycles. The lowest BCUT2D eigenvalue weighted by molar-refractivity contribution is 0.251. The summed E-state index contributed by atoms with van der Waals surface area (Å²) < 4.78 is 7.44. The fourth-order valence-corrected chi connectivity index (χ4v) is 3.24. The molecule has 4 rings (SSSR count). The summed E-state index contributed by atoms with van der Waals surface area (Å²) in [7, 11) is 0. The van der Waals surface area contributed by atoms with Crippen molar-refractivity contribution in [2.75, 3.05) is 18.5 Å². The first-order valence-corrected chi connectivity index (χ1v) is 9.89. The van der Waals surface area contributed by atoms with Gasteiger partial charge in [0.25, 0.3) is 0 Å². The number of carbonyl (C=O) groups is 1. The highest BCUT2D eigenvalue weighted by molar-refractivity contribution is 5.89. The molecule has 2 heterocycles. The standard InChI is InChI=1S/C23H23N5O2/c1-2-30-19-12-10-18(11-13-19)26-23(29)25-15-16-28-21(17-7-4-3-5-8-17)27-20-9-6-14-24-22(20)28/h3-14H,2,15-16H2,1H3,(H2,25,26,29). The van der Waals surface area contributed by atoms with Crippen molar-refractivity contribution in [3.8, 4) is 17.1 Å². The molecule has 4 aromatic rings. The third-order valence-corrected chi connectivity index (χ3v) is 4.58. The SMILES string of the molecule is CCOc1ccc(NC(=O)NCCn2c(-c3ccccc3)nc3cccnc32)cc1. The van der Waals surface area contributed by atoms with Crippen LogP contribution >= 0.6 is 0 Å². The largest absolute Gasteiger partial charge is 0.494 e. The Morgan fingerprint density at radius 3 is 2.60 bits per heavy atom. The maximum Gasteiger partial charge on any atom is 0.319 e. The second-order valence-electron chi connectivity index (χ2n) is 6.64. The van der Waals surface area contributed by atoms with Crippen molar-refractivity contribution < 1.29 is 9.53 Å². The highest BCUT2D eigenvalue weighted by atomic mass is 16.5. The molecule has 152 valence electrons. The molecule has 0 atom stereocenters. The van der Waals surface area contributed by atoms with Crippen molar-refractivity contribution in [1.82, 2.24) is 19.9 Å². The van der Waals surface area contributed by atoms with E-state index in [1.807, 2.05) is 78.2 Å². The zero-order chi connectivity index (χ0) is 20.8. The molecule has 0 spiro atoms. The summed E-state index contributed by atoms with van der Waals surface area (Å²) in [4.78, 5) is 21.5. The highest BCUT2D eigenvalue weighted by Gasteiger charge is 2.13. The number of rotatable bonds is 7. The third kappa shape index (κ3) is 4.41. The van der Waals surface area contributed by atoms with Crippen molar-refractivity contribution in [2.45, 2.75) is 13.5 Å². The van der Waals surface area contributed by atoms with E-state index in [4.69, 9.17) is 9.72 Å². The van der Waals surface area contributed by atoms with Crippen molar-refractivity contribution in [2.24, 2.45) is 0 Å². The molecule has 30 heavy (non-hydrogen) atoms. The molecule has 7 nitrogen and oxygen atoms in total. The van der Waals surface area contributed by atoms with Gasteiger partial charge in [-0.2, -0.15) is 0 Å². The van der Waals surface area contributed by atoms with Gasteiger partial charge in [-0.05, 0) is 43.3 Å². The molecular formula is C23H23N5O2. The number of pyridine rings is 1. The second-order valence-corrected chi connectivity index (χ2v) is 6.64. The van der Waals surface area contributed by atoms with Crippen LogP contribution in [0.15, 0.2) is 72.9 Å². The van der Waals surface area contributed by atoms with E-state index in [1.165, 1.54) is 0 Å². The number of ether oxygens (including phenoxy) is 1. The number of anilines is 1. The fourth-order valence-electron chi connectivity index (χ4n) is 3.24. The Morgan fingerprint density at radius 1 is 1.03 bits per heavy atom. The van der Waals surface area contributed by atoms with Crippen LogP contribution in [0.1, 0.15) is 6.92 Å². The van der Waals surface area contributed by atoms with Crippen LogP contribution in [0, 0.1) is 0 Å². The van der Waals surface area contributed by atoms with Gasteiger partial charge in [-0.3, -0.25) is 0 Å². The Hall–Kier alpha value is -3.87. The summed E-state index contributed by atoms with van der Waals surface area (Å²) in [5.74, 6) is 1.61. The molecule has 0 unspecified atom stereocenters. The van der Waals surface area contributed by atoms with E-state index < -0.39 is 0 Å². The van der Waals surface area contributed by atoms with Gasteiger partial charge in [0.1, 0.15) is 17.1 Å². The van der Waals surface area contributed by atoms with Gasteiger partial charge in [-0.1, -0.05) is 30.3 Å². The molecule has 0 aliphatic rings. The predicted octanol–water partition coefficient (Wildman–Crippen LogP) is 4.32. The molecular weight excluding hydrogens is 378 g/mol. The second kappa shape index (κ2) is 9.09. The minimum absolute atomic E-state index is 0.266. The van der Waals surface area contributed by atoms with Gasteiger partial charge in [0.05, 0.1) is 6.61 Å². The first-order chi connectivity index (χ1) is 14.7. The zero-order valence-electron chi connectivity index (χ0n) is 16.7. The van der Waals surface area contributed by atoms with E-state index in [0.29, 0.717) is 25.4 Å². The number of benzene rings is 2. The summed E-state index contributed by atoms with van der Waals surface area (Å²) in [5, 5.41) is 5.72. The Bertz CT molecular complexity index is 1120. The molecule has 0 bridgehead atoms. The number of aromatic nitrogens is 3. The molecule has 0 saturated carbocycles. The van der Waals surface area contributed by atoms with Crippen LogP contribution in [0.3, 0.4) is 0 Å². The van der Waals surface area contributed by atoms with Crippen LogP contribution in [0.2, 0.25) is 0 Å². The number of fused-ring (bicyclic) bond motifs is 1. The van der Waals surface area contributed by atoms with E-state index in [2.05, 4.69) is 15.6 Å². The Balaban J connectivity index is 1.43. The Kier molecular flexibility index (Phi) is 5.89. The summed E-state index contributed by atoms with van der Waals surface area (Å²) in [6.45, 7) is 3.52. The van der Waals surface area contributed by atoms with Crippen molar-refractivity contribution in [3.63, 3.8) is 0 Å². The summed E-state index contributed by atoms with van der Waals surface area (Å²) in [5.41, 5.74) is 3.34. The van der Waals surface area contributed by atoms with E-state index in [0.717, 1.165) is 28.3 Å². The van der Waals surface area contributed by atoms with Crippen LogP contribution in [-0.2, 0) is 6.54 Å². The van der Waals surface area contributed by atoms with Gasteiger partial charge < -0.3 is 19.9 Å². The molecule has 0 fully saturated rings. The van der Waals surface area contributed by atoms with Gasteiger partial charge in [0, 0.05) is 30.5 Å². The van der Waals surface area contributed by atoms with Crippen LogP contribution in [0.4, 0.5) is 10.5 Å². The first kappa shape index (κ1) is 19.4. The van der Waals surface area contributed by atoms with Crippen LogP contribution in [0.5, 0.6) is 5.75 Å². The van der Waals surface area contributed by atoms with E-state index in [1.54, 1.807) is 6.20 Å². The first-order valence-electron chi connectivity index (χ1n) is 9.89. The maximum absolute atomic E-state index is 12.3. The molecule has 2 amide bonds. The molecule has 0 radical (unpaired) electrons. The number of nitrogens with zero attached hydrogens (tertiary/aromatic N) is 3. The van der Waals surface area contributed by atoms with E-state index in [-0.39, 0.29) is 6.03 Å². The lowest BCUT2D eigenvalue weighted by atomic mass is 10.2. The molecule has 2 N–H and O–H groups in total. The van der Waals surface area contributed by atoms with Crippen molar-refractivity contribution in [3.05, 3.63) is 72.9 Å². The topological polar surface area (TPSA) is 81.1 Å². The molecule has 0 saturated heterocycles. The fraction of sp³-hybridized carbons (Fsp3) is 0.174. The van der Waals surface area contributed by atoms with Gasteiger partial charge in [-0.25, -0.2) is 14.8 Å². The quantitative estimate of drug-likeness (QED) is 0.483. The number of imidazole rings is 1. The van der Waals surface area contributed by atoms with Gasteiger partial charge in [-0.15, -0.1) is 0 Å². The average Bonchev–Trinajstić information content (AvgIpc) is 3.15. The van der Waals surface area contributed by atoms with Crippen molar-refractivity contribution in [1.29, 1.82) is 0 Å². The number of nitrogens with one attached hydrogen (secondary N) is 2. The lowest BCUT2D eigenvalue weighted by Crippen LogP contribution is -2.31. The van der Waals surface area contributed by atoms with Gasteiger partial charge in [0.15, 0.2) is 5.65 Å². The smallest absolute Gasteiger partial charge is 0.319 e. The predicted molar refractivity (Wildman–Crippen MR) is 118 cm³/mol. The van der Waals surface area contributed by atoms with Crippen LogP contribution < -0.4 is 15.4 Å². The summed E-state index contributed by atoms with van der Waals surface area (Å²) in [6, 6.07) is 20.8. The Morgan fingerprint density at radius 2 is 1.83 bits per heavy atom. The maximum atomic E-state index is 12.3. The number of hydrogen-bond donors (Lipinski definition) is 2. The van der Waals surface area contributed by atoms with Gasteiger partial charge in [0.2, 0.25) is 0 Å². The molecule has 0 aliphatic carbocycles. The minimum atomic E-state index is -0.266. The summed E-state index contributed by atoms with van der Waals surface area (Å²) >= 11 is 0. The molecule has 0 aliphatic heterocycles. The number of carbonyl (C=O) groups excluding carboxylic acids is 1. The number of amides is 2. The minimum Gasteiger partial charge on any atom is -0.494 e. The molecule has 7 heteroatoms. The van der Waals surface area contributed by atoms with E-state index in [9.17, 15) is 4.79 Å². The normalized spacial score (nSPS) is 10.7. The lowest BCUT2D eigenvalue weighted by Gasteiger charge is -2.11. The third-order valence-electron chi connectivity index (χ3n) is 4.58. The van der Waals surface area contributed by atoms with Crippen molar-refractivity contribution >= 4 is 22.9 Å². The number of urea groups is 1. The highest BCUT2D eigenvalue weighted by Crippen LogP contribution is 2.23. The zero-order valence-corrected chi connectivity index (χ0v) is 16.7. The van der Waals surface area contributed by atoms with Crippen LogP contribution in [0.25, 0.3) is 22.6 Å². The molecule has 2 aromatic heterocycles.